The lowest BCUT2D eigenvalue weighted by molar-refractivity contribution is 0.565. The number of oxazole rings is 1. The summed E-state index contributed by atoms with van der Waals surface area (Å²) < 4.78 is 33.1. The molecule has 1 N–H and O–H groups in total. The lowest BCUT2D eigenvalue weighted by Gasteiger charge is -2.11. The fraction of sp³-hybridized carbons (Fsp3) is 0.250. The summed E-state index contributed by atoms with van der Waals surface area (Å²) in [6, 6.07) is 14.1. The van der Waals surface area contributed by atoms with Gasteiger partial charge in [-0.3, -0.25) is 0 Å². The molecule has 3 rings (SSSR count). The van der Waals surface area contributed by atoms with Crippen LogP contribution in [0.1, 0.15) is 25.8 Å². The molecule has 0 saturated heterocycles. The van der Waals surface area contributed by atoms with E-state index in [2.05, 4.69) is 26.2 Å². The Morgan fingerprint density at radius 2 is 1.81 bits per heavy atom. The van der Waals surface area contributed by atoms with Crippen LogP contribution in [-0.2, 0) is 9.84 Å². The molecule has 0 aliphatic rings. The first-order valence-electron chi connectivity index (χ1n) is 8.67. The molecular formula is C20H21BrN2O3S. The van der Waals surface area contributed by atoms with E-state index in [9.17, 15) is 8.42 Å². The molecule has 0 bridgehead atoms. The zero-order valence-corrected chi connectivity index (χ0v) is 17.8. The van der Waals surface area contributed by atoms with E-state index >= 15 is 0 Å². The topological polar surface area (TPSA) is 72.2 Å². The SMILES string of the molecule is CCC(C)Nc1oc(-c2ccccc2C)nc1S(=O)(=O)c1ccc(Br)cc1. The van der Waals surface area contributed by atoms with E-state index in [4.69, 9.17) is 4.42 Å². The zero-order chi connectivity index (χ0) is 19.6. The second kappa shape index (κ2) is 7.86. The maximum atomic E-state index is 13.2. The highest BCUT2D eigenvalue weighted by Crippen LogP contribution is 2.34. The van der Waals surface area contributed by atoms with Crippen molar-refractivity contribution in [1.29, 1.82) is 0 Å². The molecule has 27 heavy (non-hydrogen) atoms. The van der Waals surface area contributed by atoms with Crippen molar-refractivity contribution in [3.8, 4) is 11.5 Å². The molecule has 5 nitrogen and oxygen atoms in total. The molecule has 1 atom stereocenters. The van der Waals surface area contributed by atoms with Crippen molar-refractivity contribution < 1.29 is 12.8 Å². The van der Waals surface area contributed by atoms with Gasteiger partial charge in [0.1, 0.15) is 0 Å². The minimum atomic E-state index is -3.83. The van der Waals surface area contributed by atoms with E-state index in [-0.39, 0.29) is 27.7 Å². The average molecular weight is 449 g/mol. The van der Waals surface area contributed by atoms with E-state index < -0.39 is 9.84 Å². The molecule has 1 unspecified atom stereocenters. The van der Waals surface area contributed by atoms with Crippen LogP contribution >= 0.6 is 15.9 Å². The molecule has 1 aromatic heterocycles. The molecular weight excluding hydrogens is 428 g/mol. The van der Waals surface area contributed by atoms with Crippen LogP contribution in [-0.4, -0.2) is 19.4 Å². The van der Waals surface area contributed by atoms with Crippen molar-refractivity contribution in [2.24, 2.45) is 0 Å². The molecule has 3 aromatic rings. The number of anilines is 1. The molecule has 0 aliphatic heterocycles. The fourth-order valence-electron chi connectivity index (χ4n) is 2.56. The van der Waals surface area contributed by atoms with Crippen LogP contribution in [0.25, 0.3) is 11.5 Å². The third-order valence-electron chi connectivity index (χ3n) is 4.34. The number of nitrogens with zero attached hydrogens (tertiary/aromatic N) is 1. The van der Waals surface area contributed by atoms with Crippen molar-refractivity contribution in [2.75, 3.05) is 5.32 Å². The second-order valence-corrected chi connectivity index (χ2v) is 9.16. The number of aromatic nitrogens is 1. The van der Waals surface area contributed by atoms with Crippen molar-refractivity contribution in [1.82, 2.24) is 4.98 Å². The number of rotatable bonds is 6. The van der Waals surface area contributed by atoms with Crippen molar-refractivity contribution >= 4 is 31.7 Å². The summed E-state index contributed by atoms with van der Waals surface area (Å²) in [6.45, 7) is 5.91. The van der Waals surface area contributed by atoms with Gasteiger partial charge in [0.05, 0.1) is 4.90 Å². The summed E-state index contributed by atoms with van der Waals surface area (Å²) in [7, 11) is -3.83. The van der Waals surface area contributed by atoms with Gasteiger partial charge in [0.25, 0.3) is 0 Å². The van der Waals surface area contributed by atoms with Gasteiger partial charge in [0, 0.05) is 16.1 Å². The Morgan fingerprint density at radius 3 is 2.44 bits per heavy atom. The Labute approximate surface area is 167 Å². The van der Waals surface area contributed by atoms with E-state index in [1.54, 1.807) is 24.3 Å². The lowest BCUT2D eigenvalue weighted by Crippen LogP contribution is -2.15. The second-order valence-electron chi connectivity index (χ2n) is 6.38. The minimum absolute atomic E-state index is 0.0431. The maximum absolute atomic E-state index is 13.2. The van der Waals surface area contributed by atoms with Crippen LogP contribution in [0.15, 0.2) is 67.3 Å². The van der Waals surface area contributed by atoms with Crippen molar-refractivity contribution in [3.63, 3.8) is 0 Å². The fourth-order valence-corrected chi connectivity index (χ4v) is 4.09. The van der Waals surface area contributed by atoms with Gasteiger partial charge in [-0.25, -0.2) is 8.42 Å². The summed E-state index contributed by atoms with van der Waals surface area (Å²) >= 11 is 3.33. The van der Waals surface area contributed by atoms with Gasteiger partial charge in [0.2, 0.25) is 26.6 Å². The van der Waals surface area contributed by atoms with E-state index in [0.717, 1.165) is 22.0 Å². The summed E-state index contributed by atoms with van der Waals surface area (Å²) in [5, 5.41) is 3.05. The third-order valence-corrected chi connectivity index (χ3v) is 6.55. The number of hydrogen-bond acceptors (Lipinski definition) is 5. The van der Waals surface area contributed by atoms with Crippen LogP contribution in [0.3, 0.4) is 0 Å². The molecule has 2 aromatic carbocycles. The highest BCUT2D eigenvalue weighted by atomic mass is 79.9. The summed E-state index contributed by atoms with van der Waals surface area (Å²) in [5.74, 6) is 0.458. The van der Waals surface area contributed by atoms with Gasteiger partial charge in [-0.15, -0.1) is 0 Å². The van der Waals surface area contributed by atoms with Crippen LogP contribution in [0.5, 0.6) is 0 Å². The smallest absolute Gasteiger partial charge is 0.234 e. The Kier molecular flexibility index (Phi) is 5.72. The van der Waals surface area contributed by atoms with Gasteiger partial charge >= 0.3 is 0 Å². The first-order chi connectivity index (χ1) is 12.8. The average Bonchev–Trinajstić information content (AvgIpc) is 3.06. The van der Waals surface area contributed by atoms with E-state index in [1.165, 1.54) is 0 Å². The molecule has 0 amide bonds. The quantitative estimate of drug-likeness (QED) is 0.542. The zero-order valence-electron chi connectivity index (χ0n) is 15.4. The van der Waals surface area contributed by atoms with Crippen LogP contribution < -0.4 is 5.32 Å². The highest BCUT2D eigenvalue weighted by Gasteiger charge is 2.29. The maximum Gasteiger partial charge on any atom is 0.234 e. The first-order valence-corrected chi connectivity index (χ1v) is 10.9. The molecule has 142 valence electrons. The molecule has 0 aliphatic carbocycles. The Balaban J connectivity index is 2.15. The molecule has 0 fully saturated rings. The Hall–Kier alpha value is -2.12. The van der Waals surface area contributed by atoms with E-state index in [0.29, 0.717) is 0 Å². The predicted octanol–water partition coefficient (Wildman–Crippen LogP) is 5.46. The minimum Gasteiger partial charge on any atom is -0.419 e. The van der Waals surface area contributed by atoms with Crippen molar-refractivity contribution in [2.45, 2.75) is 43.2 Å². The van der Waals surface area contributed by atoms with Gasteiger partial charge < -0.3 is 9.73 Å². The monoisotopic (exact) mass is 448 g/mol. The van der Waals surface area contributed by atoms with Gasteiger partial charge in [-0.1, -0.05) is 41.1 Å². The number of benzene rings is 2. The number of halogens is 1. The molecule has 0 radical (unpaired) electrons. The van der Waals surface area contributed by atoms with Crippen LogP contribution in [0.4, 0.5) is 5.88 Å². The van der Waals surface area contributed by atoms with Crippen molar-refractivity contribution in [3.05, 3.63) is 58.6 Å². The number of aryl methyl sites for hydroxylation is 1. The van der Waals surface area contributed by atoms with E-state index in [1.807, 2.05) is 45.0 Å². The molecule has 1 heterocycles. The largest absolute Gasteiger partial charge is 0.419 e. The normalized spacial score (nSPS) is 12.7. The Morgan fingerprint density at radius 1 is 1.15 bits per heavy atom. The summed E-state index contributed by atoms with van der Waals surface area (Å²) in [4.78, 5) is 4.54. The number of sulfone groups is 1. The molecule has 7 heteroatoms. The summed E-state index contributed by atoms with van der Waals surface area (Å²) in [5.41, 5.74) is 1.73. The predicted molar refractivity (Wildman–Crippen MR) is 110 cm³/mol. The standard InChI is InChI=1S/C20H21BrN2O3S/c1-4-14(3)22-19-20(27(24,25)16-11-9-15(21)10-12-16)23-18(26-19)17-8-6-5-7-13(17)2/h5-12,14,22H,4H2,1-3H3. The van der Waals surface area contributed by atoms with Crippen LogP contribution in [0, 0.1) is 6.92 Å². The lowest BCUT2D eigenvalue weighted by atomic mass is 10.1. The molecule has 0 saturated carbocycles. The highest BCUT2D eigenvalue weighted by molar-refractivity contribution is 9.10. The summed E-state index contributed by atoms with van der Waals surface area (Å²) in [6.07, 6.45) is 0.818. The van der Waals surface area contributed by atoms with Gasteiger partial charge in [-0.05, 0) is 56.2 Å². The number of hydrogen-bond donors (Lipinski definition) is 1. The number of nitrogens with one attached hydrogen (secondary N) is 1. The van der Waals surface area contributed by atoms with Crippen LogP contribution in [0.2, 0.25) is 0 Å². The molecule has 0 spiro atoms. The van der Waals surface area contributed by atoms with Gasteiger partial charge in [0.15, 0.2) is 0 Å². The Bertz CT molecular complexity index is 1040. The first kappa shape index (κ1) is 19.6. The third kappa shape index (κ3) is 4.09. The van der Waals surface area contributed by atoms with Gasteiger partial charge in [-0.2, -0.15) is 4.98 Å².